The van der Waals surface area contributed by atoms with Gasteiger partial charge in [-0.3, -0.25) is 11.1 Å². The van der Waals surface area contributed by atoms with E-state index in [-0.39, 0.29) is 11.4 Å². The lowest BCUT2D eigenvalue weighted by Gasteiger charge is -1.95. The zero-order valence-corrected chi connectivity index (χ0v) is 5.64. The number of hydrogen-bond donors (Lipinski definition) is 2. The lowest BCUT2D eigenvalue weighted by atomic mass is 10.2. The number of halogens is 2. The summed E-state index contributed by atoms with van der Waals surface area (Å²) in [5.74, 6) is -2.18. The fraction of sp³-hybridized carbons (Fsp3) is 0. The average molecular weight is 157 g/mol. The molecule has 0 aliphatic rings. The molecule has 0 atom stereocenters. The van der Waals surface area contributed by atoms with E-state index in [1.165, 1.54) is 12.1 Å². The molecule has 58 valence electrons. The summed E-state index contributed by atoms with van der Waals surface area (Å²) in [6.07, 6.45) is 0. The molecule has 1 aromatic rings. The van der Waals surface area contributed by atoms with Gasteiger partial charge in [-0.25, -0.2) is 8.78 Å². The summed E-state index contributed by atoms with van der Waals surface area (Å²) in [5, 5.41) is 5.07. The van der Waals surface area contributed by atoms with Crippen molar-refractivity contribution in [2.75, 3.05) is 0 Å². The molecule has 0 fully saturated rings. The third kappa shape index (κ3) is 1.34. The Balaban J connectivity index is 3.27. The Morgan fingerprint density at radius 1 is 1.36 bits per heavy atom. The minimum Gasteiger partial charge on any atom is -0.287 e. The molecular weight excluding hydrogens is 150 g/mol. The first-order valence-corrected chi connectivity index (χ1v) is 2.95. The van der Waals surface area contributed by atoms with Gasteiger partial charge >= 0.3 is 0 Å². The topological polar surface area (TPSA) is 51.6 Å². The number of rotatable bonds is 1. The average Bonchev–Trinajstić information content (AvgIpc) is 1.94. The van der Waals surface area contributed by atoms with Crippen LogP contribution in [0, 0.1) is 11.6 Å². The van der Waals surface area contributed by atoms with Crippen molar-refractivity contribution < 1.29 is 14.2 Å². The van der Waals surface area contributed by atoms with Gasteiger partial charge in [-0.2, -0.15) is 0 Å². The zero-order valence-electron chi connectivity index (χ0n) is 5.64. The van der Waals surface area contributed by atoms with Crippen LogP contribution in [-0.4, -0.2) is 5.84 Å². The predicted molar refractivity (Wildman–Crippen MR) is 36.6 cm³/mol. The van der Waals surface area contributed by atoms with E-state index in [0.717, 1.165) is 6.07 Å². The highest BCUT2D eigenvalue weighted by atomic mass is 19.2. The van der Waals surface area contributed by atoms with Crippen LogP contribution < -0.4 is 11.1 Å². The quantitative estimate of drug-likeness (QED) is 0.416. The molecule has 0 saturated carbocycles. The van der Waals surface area contributed by atoms with Crippen molar-refractivity contribution in [2.45, 2.75) is 0 Å². The molecule has 0 aromatic heterocycles. The summed E-state index contributed by atoms with van der Waals surface area (Å²) >= 11 is 0. The molecule has 0 amide bonds. The Morgan fingerprint density at radius 3 is 2.45 bits per heavy atom. The second-order valence-corrected chi connectivity index (χ2v) is 2.06. The van der Waals surface area contributed by atoms with Crippen molar-refractivity contribution in [3.8, 4) is 0 Å². The van der Waals surface area contributed by atoms with Crippen molar-refractivity contribution in [3.05, 3.63) is 35.4 Å². The third-order valence-corrected chi connectivity index (χ3v) is 1.26. The minimum absolute atomic E-state index is 0.0926. The predicted octanol–water partition coefficient (Wildman–Crippen LogP) is -0.571. The number of benzene rings is 1. The lowest BCUT2D eigenvalue weighted by Crippen LogP contribution is -2.46. The standard InChI is InChI=1S/C7H6F2N2/c8-5-3-1-2-4(6(5)9)7(10)11/h1-3H,(H3,10,11)/p+1. The van der Waals surface area contributed by atoms with Gasteiger partial charge in [0.1, 0.15) is 5.56 Å². The summed E-state index contributed by atoms with van der Waals surface area (Å²) in [6.45, 7) is 0. The van der Waals surface area contributed by atoms with Crippen LogP contribution in [0.3, 0.4) is 0 Å². The lowest BCUT2D eigenvalue weighted by molar-refractivity contribution is -0.114. The molecule has 1 aromatic carbocycles. The van der Waals surface area contributed by atoms with Crippen molar-refractivity contribution in [3.63, 3.8) is 0 Å². The van der Waals surface area contributed by atoms with Crippen molar-refractivity contribution >= 4 is 5.84 Å². The molecule has 2 nitrogen and oxygen atoms in total. The van der Waals surface area contributed by atoms with E-state index in [9.17, 15) is 8.78 Å². The van der Waals surface area contributed by atoms with E-state index < -0.39 is 11.6 Å². The molecule has 0 saturated heterocycles. The molecule has 0 heterocycles. The maximum absolute atomic E-state index is 12.7. The first kappa shape index (κ1) is 7.65. The normalized spacial score (nSPS) is 9.64. The number of hydrogen-bond acceptors (Lipinski definition) is 0. The van der Waals surface area contributed by atoms with Gasteiger partial charge in [0, 0.05) is 0 Å². The van der Waals surface area contributed by atoms with Crippen LogP contribution in [0.5, 0.6) is 0 Å². The minimum atomic E-state index is -1.01. The van der Waals surface area contributed by atoms with Crippen LogP contribution in [0.4, 0.5) is 8.78 Å². The van der Waals surface area contributed by atoms with Gasteiger partial charge in [0.2, 0.25) is 0 Å². The van der Waals surface area contributed by atoms with Crippen molar-refractivity contribution in [1.29, 1.82) is 0 Å². The fourth-order valence-electron chi connectivity index (χ4n) is 0.727. The molecule has 0 aliphatic heterocycles. The number of nitrogens with two attached hydrogens (primary N) is 2. The Labute approximate surface area is 62.2 Å². The highest BCUT2D eigenvalue weighted by molar-refractivity contribution is 5.92. The first-order valence-electron chi connectivity index (χ1n) is 2.95. The third-order valence-electron chi connectivity index (χ3n) is 1.26. The van der Waals surface area contributed by atoms with Gasteiger partial charge in [-0.05, 0) is 12.1 Å². The monoisotopic (exact) mass is 157 g/mol. The smallest absolute Gasteiger partial charge is 0.273 e. The molecule has 0 radical (unpaired) electrons. The van der Waals surface area contributed by atoms with E-state index in [0.29, 0.717) is 0 Å². The van der Waals surface area contributed by atoms with Gasteiger partial charge in [0.25, 0.3) is 5.84 Å². The van der Waals surface area contributed by atoms with Gasteiger partial charge in [0.05, 0.1) is 0 Å². The van der Waals surface area contributed by atoms with E-state index in [4.69, 9.17) is 11.1 Å². The molecule has 4 N–H and O–H groups in total. The summed E-state index contributed by atoms with van der Waals surface area (Å²) in [4.78, 5) is 0. The maximum Gasteiger partial charge on any atom is 0.273 e. The second-order valence-electron chi connectivity index (χ2n) is 2.06. The molecule has 0 aliphatic carbocycles. The zero-order chi connectivity index (χ0) is 8.43. The van der Waals surface area contributed by atoms with Gasteiger partial charge in [-0.1, -0.05) is 6.07 Å². The second kappa shape index (κ2) is 2.65. The van der Waals surface area contributed by atoms with Crippen molar-refractivity contribution in [2.24, 2.45) is 5.73 Å². The number of amidine groups is 1. The van der Waals surface area contributed by atoms with E-state index >= 15 is 0 Å². The highest BCUT2D eigenvalue weighted by Crippen LogP contribution is 2.08. The van der Waals surface area contributed by atoms with E-state index in [1.54, 1.807) is 0 Å². The van der Waals surface area contributed by atoms with Crippen LogP contribution in [-0.2, 0) is 0 Å². The van der Waals surface area contributed by atoms with Gasteiger partial charge in [-0.15, -0.1) is 0 Å². The van der Waals surface area contributed by atoms with Crippen LogP contribution >= 0.6 is 0 Å². The SMILES string of the molecule is NC(=[NH2+])c1cccc(F)c1F. The summed E-state index contributed by atoms with van der Waals surface area (Å²) in [6, 6.07) is 3.66. The van der Waals surface area contributed by atoms with Gasteiger partial charge < -0.3 is 0 Å². The summed E-state index contributed by atoms with van der Waals surface area (Å²) in [5.41, 5.74) is 4.98. The largest absolute Gasteiger partial charge is 0.287 e. The Kier molecular flexibility index (Phi) is 1.85. The molecule has 4 heteroatoms. The Hall–Kier alpha value is -1.45. The summed E-state index contributed by atoms with van der Waals surface area (Å²) < 4.78 is 25.1. The first-order chi connectivity index (χ1) is 5.13. The van der Waals surface area contributed by atoms with E-state index in [2.05, 4.69) is 0 Å². The summed E-state index contributed by atoms with van der Waals surface area (Å²) in [7, 11) is 0. The Morgan fingerprint density at radius 2 is 2.00 bits per heavy atom. The highest BCUT2D eigenvalue weighted by Gasteiger charge is 2.12. The fourth-order valence-corrected chi connectivity index (χ4v) is 0.727. The molecule has 11 heavy (non-hydrogen) atoms. The molecule has 1 rings (SSSR count). The molecular formula is C7H7F2N2+. The van der Waals surface area contributed by atoms with Crippen LogP contribution in [0.15, 0.2) is 18.2 Å². The molecule has 0 unspecified atom stereocenters. The van der Waals surface area contributed by atoms with Crippen molar-refractivity contribution in [1.82, 2.24) is 0 Å². The van der Waals surface area contributed by atoms with E-state index in [1.807, 2.05) is 0 Å². The molecule has 0 spiro atoms. The molecule has 0 bridgehead atoms. The Bertz CT molecular complexity index is 296. The maximum atomic E-state index is 12.7. The van der Waals surface area contributed by atoms with Crippen LogP contribution in [0.1, 0.15) is 5.56 Å². The van der Waals surface area contributed by atoms with Crippen LogP contribution in [0.25, 0.3) is 0 Å². The van der Waals surface area contributed by atoms with Gasteiger partial charge in [0.15, 0.2) is 11.6 Å². The van der Waals surface area contributed by atoms with Crippen LogP contribution in [0.2, 0.25) is 0 Å².